The maximum absolute atomic E-state index is 13.0. The molecule has 2 aliphatic heterocycles. The Morgan fingerprint density at radius 3 is 2.80 bits per heavy atom. The highest BCUT2D eigenvalue weighted by molar-refractivity contribution is 5.95. The van der Waals surface area contributed by atoms with Crippen molar-refractivity contribution < 1.29 is 18.8 Å². The first-order chi connectivity index (χ1) is 12.3. The van der Waals surface area contributed by atoms with E-state index in [0.717, 1.165) is 25.7 Å². The molecule has 7 heteroatoms. The number of likely N-dealkylation sites (tertiary alicyclic amines) is 1. The van der Waals surface area contributed by atoms with Gasteiger partial charge in [0.15, 0.2) is 17.3 Å². The third-order valence-electron chi connectivity index (χ3n) is 4.98. The molecule has 2 fully saturated rings. The Hall–Kier alpha value is -2.57. The van der Waals surface area contributed by atoms with Crippen molar-refractivity contribution in [2.24, 2.45) is 0 Å². The molecule has 3 aliphatic rings. The van der Waals surface area contributed by atoms with E-state index in [1.54, 1.807) is 18.2 Å². The summed E-state index contributed by atoms with van der Waals surface area (Å²) in [6, 6.07) is 5.23. The highest BCUT2D eigenvalue weighted by Crippen LogP contribution is 2.40. The molecule has 1 amide bonds. The van der Waals surface area contributed by atoms with E-state index in [4.69, 9.17) is 14.0 Å². The standard InChI is InChI=1S/C18H19N3O4/c22-18(12-5-6-14-15(10-12)24-9-8-23-14)21-7-1-2-13(21)16-19-17(25-20-16)11-3-4-11/h5-6,10-11,13H,1-4,7-9H2. The van der Waals surface area contributed by atoms with Crippen LogP contribution in [0.3, 0.4) is 0 Å². The van der Waals surface area contributed by atoms with E-state index in [1.807, 2.05) is 4.90 Å². The molecular weight excluding hydrogens is 322 g/mol. The zero-order valence-electron chi connectivity index (χ0n) is 13.8. The quantitative estimate of drug-likeness (QED) is 0.854. The molecule has 1 aliphatic carbocycles. The van der Waals surface area contributed by atoms with Gasteiger partial charge in [0.1, 0.15) is 13.2 Å². The van der Waals surface area contributed by atoms with Crippen molar-refractivity contribution >= 4 is 5.91 Å². The van der Waals surface area contributed by atoms with Crippen molar-refractivity contribution in [2.45, 2.75) is 37.6 Å². The Morgan fingerprint density at radius 2 is 1.96 bits per heavy atom. The van der Waals surface area contributed by atoms with Crippen LogP contribution in [0.25, 0.3) is 0 Å². The van der Waals surface area contributed by atoms with Gasteiger partial charge in [-0.05, 0) is 43.9 Å². The van der Waals surface area contributed by atoms with Gasteiger partial charge in [-0.3, -0.25) is 4.79 Å². The summed E-state index contributed by atoms with van der Waals surface area (Å²) in [5.41, 5.74) is 0.599. The minimum atomic E-state index is -0.114. The lowest BCUT2D eigenvalue weighted by molar-refractivity contribution is 0.0727. The highest BCUT2D eigenvalue weighted by Gasteiger charge is 2.36. The lowest BCUT2D eigenvalue weighted by atomic mass is 10.1. The normalized spacial score (nSPS) is 22.2. The highest BCUT2D eigenvalue weighted by atomic mass is 16.6. The van der Waals surface area contributed by atoms with E-state index in [0.29, 0.717) is 54.5 Å². The van der Waals surface area contributed by atoms with E-state index in [-0.39, 0.29) is 11.9 Å². The summed E-state index contributed by atoms with van der Waals surface area (Å²) in [6.45, 7) is 1.74. The van der Waals surface area contributed by atoms with Gasteiger partial charge in [-0.2, -0.15) is 4.98 Å². The number of ether oxygens (including phenoxy) is 2. The summed E-state index contributed by atoms with van der Waals surface area (Å²) in [5, 5.41) is 4.13. The summed E-state index contributed by atoms with van der Waals surface area (Å²) in [5.74, 6) is 3.05. The predicted molar refractivity (Wildman–Crippen MR) is 86.7 cm³/mol. The van der Waals surface area contributed by atoms with Gasteiger partial charge in [-0.25, -0.2) is 0 Å². The van der Waals surface area contributed by atoms with E-state index in [2.05, 4.69) is 10.1 Å². The number of fused-ring (bicyclic) bond motifs is 1. The lowest BCUT2D eigenvalue weighted by Gasteiger charge is -2.23. The van der Waals surface area contributed by atoms with Gasteiger partial charge in [-0.15, -0.1) is 0 Å². The number of hydrogen-bond donors (Lipinski definition) is 0. The largest absolute Gasteiger partial charge is 0.486 e. The maximum atomic E-state index is 13.0. The average Bonchev–Trinajstić information content (AvgIpc) is 3.19. The SMILES string of the molecule is O=C(c1ccc2c(c1)OCCO2)N1CCCC1c1noc(C2CC2)n1. The minimum Gasteiger partial charge on any atom is -0.486 e. The van der Waals surface area contributed by atoms with Crippen LogP contribution in [0, 0.1) is 0 Å². The van der Waals surface area contributed by atoms with Crippen molar-refractivity contribution in [3.05, 3.63) is 35.5 Å². The van der Waals surface area contributed by atoms with E-state index >= 15 is 0 Å². The van der Waals surface area contributed by atoms with Gasteiger partial charge in [0.05, 0.1) is 6.04 Å². The van der Waals surface area contributed by atoms with Crippen LogP contribution in [0.2, 0.25) is 0 Å². The number of aromatic nitrogens is 2. The molecule has 0 bridgehead atoms. The number of nitrogens with zero attached hydrogens (tertiary/aromatic N) is 3. The second-order valence-corrected chi connectivity index (χ2v) is 6.78. The Bertz CT molecular complexity index is 814. The molecule has 130 valence electrons. The van der Waals surface area contributed by atoms with Gasteiger partial charge < -0.3 is 18.9 Å². The van der Waals surface area contributed by atoms with Crippen molar-refractivity contribution in [3.63, 3.8) is 0 Å². The van der Waals surface area contributed by atoms with Gasteiger partial charge in [0.25, 0.3) is 5.91 Å². The molecule has 0 radical (unpaired) electrons. The smallest absolute Gasteiger partial charge is 0.254 e. The zero-order valence-corrected chi connectivity index (χ0v) is 13.8. The number of amides is 1. The molecular formula is C18H19N3O4. The Kier molecular flexibility index (Phi) is 3.39. The topological polar surface area (TPSA) is 77.7 Å². The van der Waals surface area contributed by atoms with Crippen LogP contribution in [-0.2, 0) is 0 Å². The fourth-order valence-electron chi connectivity index (χ4n) is 3.50. The second-order valence-electron chi connectivity index (χ2n) is 6.78. The Morgan fingerprint density at radius 1 is 1.12 bits per heavy atom. The second kappa shape index (κ2) is 5.75. The van der Waals surface area contributed by atoms with Crippen molar-refractivity contribution in [2.75, 3.05) is 19.8 Å². The molecule has 25 heavy (non-hydrogen) atoms. The summed E-state index contributed by atoms with van der Waals surface area (Å²) in [4.78, 5) is 19.4. The van der Waals surface area contributed by atoms with Gasteiger partial charge in [-0.1, -0.05) is 5.16 Å². The van der Waals surface area contributed by atoms with E-state index < -0.39 is 0 Å². The first-order valence-corrected chi connectivity index (χ1v) is 8.84. The van der Waals surface area contributed by atoms with Crippen LogP contribution < -0.4 is 9.47 Å². The molecule has 2 aromatic rings. The van der Waals surface area contributed by atoms with Crippen LogP contribution >= 0.6 is 0 Å². The molecule has 3 heterocycles. The summed E-state index contributed by atoms with van der Waals surface area (Å²) in [7, 11) is 0. The fourth-order valence-corrected chi connectivity index (χ4v) is 3.50. The zero-order chi connectivity index (χ0) is 16.8. The molecule has 0 spiro atoms. The molecule has 0 N–H and O–H groups in total. The lowest BCUT2D eigenvalue weighted by Crippen LogP contribution is -2.31. The Labute approximate surface area is 144 Å². The number of carbonyl (C=O) groups excluding carboxylic acids is 1. The third-order valence-corrected chi connectivity index (χ3v) is 4.98. The first-order valence-electron chi connectivity index (χ1n) is 8.84. The monoisotopic (exact) mass is 341 g/mol. The van der Waals surface area contributed by atoms with Crippen LogP contribution in [0.5, 0.6) is 11.5 Å². The summed E-state index contributed by atoms with van der Waals surface area (Å²) in [6.07, 6.45) is 4.03. The number of benzene rings is 1. The molecule has 7 nitrogen and oxygen atoms in total. The number of rotatable bonds is 3. The van der Waals surface area contributed by atoms with Crippen molar-refractivity contribution in [1.29, 1.82) is 0 Å². The first kappa shape index (κ1) is 14.7. The average molecular weight is 341 g/mol. The maximum Gasteiger partial charge on any atom is 0.254 e. The van der Waals surface area contributed by atoms with Gasteiger partial charge in [0.2, 0.25) is 5.89 Å². The molecule has 1 saturated carbocycles. The molecule has 1 saturated heterocycles. The van der Waals surface area contributed by atoms with Gasteiger partial charge >= 0.3 is 0 Å². The van der Waals surface area contributed by atoms with Crippen LogP contribution in [-0.4, -0.2) is 40.7 Å². The van der Waals surface area contributed by atoms with E-state index in [1.165, 1.54) is 0 Å². The molecule has 5 rings (SSSR count). The predicted octanol–water partition coefficient (Wildman–Crippen LogP) is 2.70. The van der Waals surface area contributed by atoms with E-state index in [9.17, 15) is 4.79 Å². The van der Waals surface area contributed by atoms with Crippen molar-refractivity contribution in [1.82, 2.24) is 15.0 Å². The number of hydrogen-bond acceptors (Lipinski definition) is 6. The van der Waals surface area contributed by atoms with Crippen LogP contribution in [0.4, 0.5) is 0 Å². The molecule has 1 aromatic carbocycles. The number of carbonyl (C=O) groups is 1. The third kappa shape index (κ3) is 2.63. The van der Waals surface area contributed by atoms with Crippen LogP contribution in [0.15, 0.2) is 22.7 Å². The van der Waals surface area contributed by atoms with Crippen molar-refractivity contribution in [3.8, 4) is 11.5 Å². The minimum absolute atomic E-state index is 0.0303. The van der Waals surface area contributed by atoms with Gasteiger partial charge in [0, 0.05) is 18.0 Å². The molecule has 1 aromatic heterocycles. The Balaban J connectivity index is 1.39. The van der Waals surface area contributed by atoms with Crippen LogP contribution in [0.1, 0.15) is 59.7 Å². The molecule has 1 atom stereocenters. The molecule has 1 unspecified atom stereocenters. The summed E-state index contributed by atoms with van der Waals surface area (Å²) < 4.78 is 16.5. The summed E-state index contributed by atoms with van der Waals surface area (Å²) >= 11 is 0. The fraction of sp³-hybridized carbons (Fsp3) is 0.500.